The average Bonchev–Trinajstić information content (AvgIpc) is 3.13. The Kier molecular flexibility index (Phi) is 7.28. The van der Waals surface area contributed by atoms with Gasteiger partial charge in [-0.15, -0.1) is 0 Å². The molecule has 7 nitrogen and oxygen atoms in total. The highest BCUT2D eigenvalue weighted by molar-refractivity contribution is 5.71. The molecule has 1 N–H and O–H groups in total. The molecule has 0 spiro atoms. The molecule has 1 heterocycles. The molecule has 1 amide bonds. The van der Waals surface area contributed by atoms with E-state index in [4.69, 9.17) is 19.3 Å². The van der Waals surface area contributed by atoms with Crippen LogP contribution in [0.2, 0.25) is 0 Å². The number of aliphatic carboxylic acids is 1. The second kappa shape index (κ2) is 10.4. The average molecular weight is 515 g/mol. The Balaban J connectivity index is 1.69. The van der Waals surface area contributed by atoms with Gasteiger partial charge in [0.15, 0.2) is 11.5 Å². The lowest BCUT2D eigenvalue weighted by Crippen LogP contribution is -2.31. The van der Waals surface area contributed by atoms with Crippen LogP contribution >= 0.6 is 0 Å². The van der Waals surface area contributed by atoms with Gasteiger partial charge in [0, 0.05) is 5.56 Å². The van der Waals surface area contributed by atoms with Crippen molar-refractivity contribution in [3.63, 3.8) is 0 Å². The van der Waals surface area contributed by atoms with Gasteiger partial charge < -0.3 is 19.3 Å². The van der Waals surface area contributed by atoms with Gasteiger partial charge in [0.05, 0.1) is 31.7 Å². The van der Waals surface area contributed by atoms with Crippen LogP contribution in [0.15, 0.2) is 66.7 Å². The summed E-state index contributed by atoms with van der Waals surface area (Å²) in [4.78, 5) is 25.2. The number of methoxy groups -OCH3 is 1. The third kappa shape index (κ3) is 5.79. The Hall–Kier alpha value is -4.21. The summed E-state index contributed by atoms with van der Waals surface area (Å²) in [7, 11) is 1.39. The molecular weight excluding hydrogens is 491 g/mol. The normalized spacial score (nSPS) is 17.4. The van der Waals surface area contributed by atoms with Gasteiger partial charge in [0.25, 0.3) is 0 Å². The minimum Gasteiger partial charge on any atom is -0.493 e. The molecule has 1 saturated heterocycles. The molecule has 0 radical (unpaired) electrons. The van der Waals surface area contributed by atoms with E-state index >= 15 is 0 Å². The Morgan fingerprint density at radius 3 is 2.38 bits per heavy atom. The van der Waals surface area contributed by atoms with Crippen molar-refractivity contribution in [1.82, 2.24) is 4.90 Å². The van der Waals surface area contributed by atoms with Crippen LogP contribution in [0.3, 0.4) is 0 Å². The number of amides is 1. The fourth-order valence-electron chi connectivity index (χ4n) is 4.17. The highest BCUT2D eigenvalue weighted by atomic mass is 19.4. The first kappa shape index (κ1) is 25.9. The van der Waals surface area contributed by atoms with Gasteiger partial charge in [0.2, 0.25) is 0 Å². The molecule has 0 aliphatic carbocycles. The number of hydrogen-bond acceptors (Lipinski definition) is 5. The summed E-state index contributed by atoms with van der Waals surface area (Å²) in [5, 5.41) is 9.11. The van der Waals surface area contributed by atoms with E-state index in [-0.39, 0.29) is 35.8 Å². The van der Waals surface area contributed by atoms with Crippen molar-refractivity contribution in [2.75, 3.05) is 7.11 Å². The number of carbonyl (C=O) groups excluding carboxylic acids is 1. The number of benzene rings is 3. The third-order valence-electron chi connectivity index (χ3n) is 6.05. The van der Waals surface area contributed by atoms with Gasteiger partial charge in [-0.1, -0.05) is 36.4 Å². The number of carboxylic acids is 1. The zero-order valence-corrected chi connectivity index (χ0v) is 20.0. The molecule has 0 bridgehead atoms. The van der Waals surface area contributed by atoms with E-state index in [9.17, 15) is 22.8 Å². The molecule has 37 heavy (non-hydrogen) atoms. The molecule has 10 heteroatoms. The summed E-state index contributed by atoms with van der Waals surface area (Å²) in [6.07, 6.45) is -6.14. The van der Waals surface area contributed by atoms with Gasteiger partial charge in [-0.05, 0) is 48.4 Å². The highest BCUT2D eigenvalue weighted by Crippen LogP contribution is 2.40. The third-order valence-corrected chi connectivity index (χ3v) is 6.05. The fraction of sp³-hybridized carbons (Fsp3) is 0.259. The van der Waals surface area contributed by atoms with Gasteiger partial charge in [0.1, 0.15) is 11.9 Å². The zero-order chi connectivity index (χ0) is 26.7. The van der Waals surface area contributed by atoms with Crippen LogP contribution in [0.1, 0.15) is 35.3 Å². The Morgan fingerprint density at radius 2 is 1.73 bits per heavy atom. The van der Waals surface area contributed by atoms with E-state index in [0.29, 0.717) is 5.56 Å². The summed E-state index contributed by atoms with van der Waals surface area (Å²) < 4.78 is 57.4. The quantitative estimate of drug-likeness (QED) is 0.384. The van der Waals surface area contributed by atoms with Crippen molar-refractivity contribution in [2.24, 2.45) is 0 Å². The van der Waals surface area contributed by atoms with Crippen LogP contribution in [0.4, 0.5) is 18.0 Å². The lowest BCUT2D eigenvalue weighted by molar-refractivity contribution is -0.138. The first-order valence-corrected chi connectivity index (χ1v) is 11.4. The minimum absolute atomic E-state index is 0.0573. The molecule has 0 aromatic heterocycles. The smallest absolute Gasteiger partial charge is 0.416 e. The molecule has 194 valence electrons. The van der Waals surface area contributed by atoms with Crippen molar-refractivity contribution >= 4 is 12.1 Å². The first-order valence-electron chi connectivity index (χ1n) is 11.4. The van der Waals surface area contributed by atoms with Crippen LogP contribution in [0.5, 0.6) is 17.2 Å². The van der Waals surface area contributed by atoms with Crippen molar-refractivity contribution in [1.29, 1.82) is 0 Å². The molecule has 4 rings (SSSR count). The standard InChI is InChI=1S/C27H24F3NO6/c1-16-25(18-6-4-3-5-7-18)37-26(34)31(16)15-19-14-20(27(28,29)30)9-11-21(19)36-23-12-17(13-24(32)33)8-10-22(23)35-2/h3-12,14,16,25H,13,15H2,1-2H3,(H,32,33)/t16-,25?/m0/s1. The molecular formula is C27H24F3NO6. The summed E-state index contributed by atoms with van der Waals surface area (Å²) >= 11 is 0. The number of hydrogen-bond donors (Lipinski definition) is 1. The van der Waals surface area contributed by atoms with Gasteiger partial charge in [-0.3, -0.25) is 9.69 Å². The second-order valence-corrected chi connectivity index (χ2v) is 8.56. The molecule has 3 aromatic carbocycles. The number of nitrogens with zero attached hydrogens (tertiary/aromatic N) is 1. The van der Waals surface area contributed by atoms with Crippen molar-refractivity contribution in [3.05, 3.63) is 89.0 Å². The minimum atomic E-state index is -4.61. The van der Waals surface area contributed by atoms with E-state index < -0.39 is 35.9 Å². The van der Waals surface area contributed by atoms with Crippen molar-refractivity contribution in [3.8, 4) is 17.2 Å². The van der Waals surface area contributed by atoms with E-state index in [1.165, 1.54) is 30.2 Å². The van der Waals surface area contributed by atoms with E-state index in [1.54, 1.807) is 13.0 Å². The summed E-state index contributed by atoms with van der Waals surface area (Å²) in [5.74, 6) is -0.609. The first-order chi connectivity index (χ1) is 17.6. The molecule has 1 aliphatic rings. The zero-order valence-electron chi connectivity index (χ0n) is 20.0. The second-order valence-electron chi connectivity index (χ2n) is 8.56. The van der Waals surface area contributed by atoms with Crippen LogP contribution < -0.4 is 9.47 Å². The van der Waals surface area contributed by atoms with Gasteiger partial charge >= 0.3 is 18.2 Å². The van der Waals surface area contributed by atoms with E-state index in [1.807, 2.05) is 30.3 Å². The van der Waals surface area contributed by atoms with Gasteiger partial charge in [-0.2, -0.15) is 13.2 Å². The Morgan fingerprint density at radius 1 is 1.03 bits per heavy atom. The Labute approximate surface area is 211 Å². The number of halogens is 3. The number of cyclic esters (lactones) is 1. The van der Waals surface area contributed by atoms with Crippen LogP contribution in [0.25, 0.3) is 0 Å². The van der Waals surface area contributed by atoms with E-state index in [2.05, 4.69) is 0 Å². The number of ether oxygens (including phenoxy) is 3. The monoisotopic (exact) mass is 515 g/mol. The summed E-state index contributed by atoms with van der Waals surface area (Å²) in [6, 6.07) is 16.1. The number of alkyl halides is 3. The maximum Gasteiger partial charge on any atom is 0.416 e. The molecule has 1 aliphatic heterocycles. The molecule has 1 fully saturated rings. The molecule has 2 atom stereocenters. The summed E-state index contributed by atoms with van der Waals surface area (Å²) in [5.41, 5.74) is 0.379. The number of carboxylic acid groups (broad SMARTS) is 1. The lowest BCUT2D eigenvalue weighted by atomic mass is 10.0. The topological polar surface area (TPSA) is 85.3 Å². The summed E-state index contributed by atoms with van der Waals surface area (Å²) in [6.45, 7) is 1.55. The highest BCUT2D eigenvalue weighted by Gasteiger charge is 2.40. The Bertz CT molecular complexity index is 1300. The predicted molar refractivity (Wildman–Crippen MR) is 127 cm³/mol. The predicted octanol–water partition coefficient (Wildman–Crippen LogP) is 6.22. The van der Waals surface area contributed by atoms with Crippen LogP contribution in [0, 0.1) is 0 Å². The lowest BCUT2D eigenvalue weighted by Gasteiger charge is -2.23. The molecule has 1 unspecified atom stereocenters. The molecule has 0 saturated carbocycles. The maximum absolute atomic E-state index is 13.5. The van der Waals surface area contributed by atoms with Crippen molar-refractivity contribution in [2.45, 2.75) is 38.2 Å². The molecule has 3 aromatic rings. The van der Waals surface area contributed by atoms with Crippen LogP contribution in [-0.2, 0) is 28.7 Å². The van der Waals surface area contributed by atoms with E-state index in [0.717, 1.165) is 17.7 Å². The van der Waals surface area contributed by atoms with Crippen LogP contribution in [-0.4, -0.2) is 35.2 Å². The number of carbonyl (C=O) groups is 2. The SMILES string of the molecule is COc1ccc(CC(=O)O)cc1Oc1ccc(C(F)(F)F)cc1CN1C(=O)OC(c2ccccc2)[C@@H]1C. The maximum atomic E-state index is 13.5. The largest absolute Gasteiger partial charge is 0.493 e. The number of rotatable bonds is 8. The van der Waals surface area contributed by atoms with Gasteiger partial charge in [-0.25, -0.2) is 4.79 Å². The van der Waals surface area contributed by atoms with Crippen molar-refractivity contribution < 1.29 is 42.1 Å². The fourth-order valence-corrected chi connectivity index (χ4v) is 4.17.